The first kappa shape index (κ1) is 13.4. The van der Waals surface area contributed by atoms with Crippen LogP contribution in [0.25, 0.3) is 0 Å². The fraction of sp³-hybridized carbons (Fsp3) is 0.600. The monoisotopic (exact) mass is 261 g/mol. The van der Waals surface area contributed by atoms with Gasteiger partial charge in [0.25, 0.3) is 0 Å². The highest BCUT2D eigenvalue weighted by Crippen LogP contribution is 2.13. The Morgan fingerprint density at radius 2 is 2.44 bits per heavy atom. The third-order valence-electron chi connectivity index (χ3n) is 2.19. The Bertz CT molecular complexity index is 343. The zero-order valence-electron chi connectivity index (χ0n) is 9.49. The van der Waals surface area contributed by atoms with E-state index >= 15 is 0 Å². The minimum absolute atomic E-state index is 0.0240. The van der Waals surface area contributed by atoms with Crippen LogP contribution in [0.3, 0.4) is 0 Å². The van der Waals surface area contributed by atoms with Gasteiger partial charge in [-0.05, 0) is 6.54 Å². The molecule has 16 heavy (non-hydrogen) atoms. The smallest absolute Gasteiger partial charge is 0.233 e. The molecular formula is C10H16ClN3OS. The van der Waals surface area contributed by atoms with Gasteiger partial charge in [0.15, 0.2) is 0 Å². The van der Waals surface area contributed by atoms with E-state index in [1.54, 1.807) is 18.4 Å². The van der Waals surface area contributed by atoms with Crippen LogP contribution in [0.15, 0.2) is 5.38 Å². The fourth-order valence-electron chi connectivity index (χ4n) is 1.24. The molecule has 0 saturated heterocycles. The van der Waals surface area contributed by atoms with E-state index in [2.05, 4.69) is 10.3 Å². The lowest BCUT2D eigenvalue weighted by Crippen LogP contribution is -2.35. The molecule has 1 aromatic heterocycles. The molecule has 90 valence electrons. The molecule has 1 N–H and O–H groups in total. The number of aromatic nitrogens is 1. The zero-order valence-corrected chi connectivity index (χ0v) is 11.1. The van der Waals surface area contributed by atoms with Crippen LogP contribution in [0.1, 0.15) is 17.6 Å². The SMILES string of the molecule is CCN(CC(=O)NC)Cc1nc(CCl)cs1. The molecule has 0 bridgehead atoms. The molecule has 6 heteroatoms. The quantitative estimate of drug-likeness (QED) is 0.789. The van der Waals surface area contributed by atoms with Crippen molar-refractivity contribution in [1.82, 2.24) is 15.2 Å². The van der Waals surface area contributed by atoms with Crippen LogP contribution in [0, 0.1) is 0 Å². The molecule has 0 fully saturated rings. The Morgan fingerprint density at radius 1 is 1.69 bits per heavy atom. The van der Waals surface area contributed by atoms with E-state index in [0.29, 0.717) is 19.0 Å². The highest BCUT2D eigenvalue weighted by Gasteiger charge is 2.10. The highest BCUT2D eigenvalue weighted by molar-refractivity contribution is 7.09. The number of thiazole rings is 1. The van der Waals surface area contributed by atoms with Gasteiger partial charge >= 0.3 is 0 Å². The highest BCUT2D eigenvalue weighted by atomic mass is 35.5. The number of alkyl halides is 1. The lowest BCUT2D eigenvalue weighted by Gasteiger charge is -2.17. The third kappa shape index (κ3) is 4.08. The van der Waals surface area contributed by atoms with Crippen LogP contribution in [0.4, 0.5) is 0 Å². The summed E-state index contributed by atoms with van der Waals surface area (Å²) in [6, 6.07) is 0. The van der Waals surface area contributed by atoms with Crippen molar-refractivity contribution >= 4 is 28.8 Å². The van der Waals surface area contributed by atoms with E-state index < -0.39 is 0 Å². The molecule has 1 amide bonds. The van der Waals surface area contributed by atoms with E-state index in [1.807, 2.05) is 17.2 Å². The topological polar surface area (TPSA) is 45.2 Å². The van der Waals surface area contributed by atoms with E-state index in [4.69, 9.17) is 11.6 Å². The zero-order chi connectivity index (χ0) is 12.0. The molecule has 1 aromatic rings. The number of amides is 1. The molecule has 1 heterocycles. The Morgan fingerprint density at radius 3 is 2.94 bits per heavy atom. The summed E-state index contributed by atoms with van der Waals surface area (Å²) < 4.78 is 0. The molecule has 0 spiro atoms. The Hall–Kier alpha value is -0.650. The Kier molecular flexibility index (Phi) is 5.73. The predicted octanol–water partition coefficient (Wildman–Crippen LogP) is 1.45. The molecule has 0 radical (unpaired) electrons. The normalized spacial score (nSPS) is 10.8. The van der Waals surface area contributed by atoms with Crippen LogP contribution in [-0.4, -0.2) is 35.9 Å². The number of nitrogens with zero attached hydrogens (tertiary/aromatic N) is 2. The Labute approximate surface area is 105 Å². The lowest BCUT2D eigenvalue weighted by molar-refractivity contribution is -0.121. The van der Waals surface area contributed by atoms with Gasteiger partial charge < -0.3 is 5.32 Å². The van der Waals surface area contributed by atoms with Gasteiger partial charge in [-0.15, -0.1) is 22.9 Å². The summed E-state index contributed by atoms with van der Waals surface area (Å²) in [6.07, 6.45) is 0. The van der Waals surface area contributed by atoms with Crippen LogP contribution >= 0.6 is 22.9 Å². The number of carbonyl (C=O) groups excluding carboxylic acids is 1. The van der Waals surface area contributed by atoms with E-state index in [0.717, 1.165) is 17.2 Å². The lowest BCUT2D eigenvalue weighted by atomic mass is 10.4. The molecular weight excluding hydrogens is 246 g/mol. The number of nitrogens with one attached hydrogen (secondary N) is 1. The maximum atomic E-state index is 11.2. The molecule has 0 aromatic carbocycles. The first-order chi connectivity index (χ1) is 7.69. The van der Waals surface area contributed by atoms with Gasteiger partial charge in [-0.3, -0.25) is 9.69 Å². The number of halogens is 1. The first-order valence-electron chi connectivity index (χ1n) is 5.11. The number of hydrogen-bond donors (Lipinski definition) is 1. The molecule has 4 nitrogen and oxygen atoms in total. The predicted molar refractivity (Wildman–Crippen MR) is 66.7 cm³/mol. The number of rotatable bonds is 6. The van der Waals surface area contributed by atoms with Crippen molar-refractivity contribution in [2.75, 3.05) is 20.1 Å². The van der Waals surface area contributed by atoms with Crippen LogP contribution in [0.2, 0.25) is 0 Å². The van der Waals surface area contributed by atoms with Crippen molar-refractivity contribution in [1.29, 1.82) is 0 Å². The second kappa shape index (κ2) is 6.83. The van der Waals surface area contributed by atoms with E-state index in [-0.39, 0.29) is 5.91 Å². The standard InChI is InChI=1S/C10H16ClN3OS/c1-3-14(5-9(15)12-2)6-10-13-8(4-11)7-16-10/h7H,3-6H2,1-2H3,(H,12,15). The van der Waals surface area contributed by atoms with E-state index in [9.17, 15) is 4.79 Å². The summed E-state index contributed by atoms with van der Waals surface area (Å²) in [7, 11) is 1.64. The number of hydrogen-bond acceptors (Lipinski definition) is 4. The van der Waals surface area contributed by atoms with Crippen molar-refractivity contribution in [3.8, 4) is 0 Å². The molecule has 0 aliphatic rings. The average molecular weight is 262 g/mol. The van der Waals surface area contributed by atoms with Crippen molar-refractivity contribution < 1.29 is 4.79 Å². The second-order valence-corrected chi connectivity index (χ2v) is 4.55. The summed E-state index contributed by atoms with van der Waals surface area (Å²) in [4.78, 5) is 17.6. The summed E-state index contributed by atoms with van der Waals surface area (Å²) in [5.74, 6) is 0.467. The molecule has 0 aliphatic carbocycles. The van der Waals surface area contributed by atoms with E-state index in [1.165, 1.54) is 0 Å². The van der Waals surface area contributed by atoms with Gasteiger partial charge in [-0.25, -0.2) is 4.98 Å². The summed E-state index contributed by atoms with van der Waals surface area (Å²) >= 11 is 7.27. The minimum atomic E-state index is 0.0240. The van der Waals surface area contributed by atoms with Gasteiger partial charge in [0, 0.05) is 12.4 Å². The van der Waals surface area contributed by atoms with Gasteiger partial charge in [0.2, 0.25) is 5.91 Å². The van der Waals surface area contributed by atoms with Gasteiger partial charge in [-0.2, -0.15) is 0 Å². The third-order valence-corrected chi connectivity index (χ3v) is 3.34. The van der Waals surface area contributed by atoms with Gasteiger partial charge in [-0.1, -0.05) is 6.92 Å². The number of likely N-dealkylation sites (N-methyl/N-ethyl adjacent to an activating group) is 2. The molecule has 0 aliphatic heterocycles. The summed E-state index contributed by atoms with van der Waals surface area (Å²) in [5.41, 5.74) is 0.901. The molecule has 1 rings (SSSR count). The maximum absolute atomic E-state index is 11.2. The molecule has 0 unspecified atom stereocenters. The largest absolute Gasteiger partial charge is 0.358 e. The van der Waals surface area contributed by atoms with Crippen molar-refractivity contribution in [3.05, 3.63) is 16.1 Å². The Balaban J connectivity index is 2.52. The van der Waals surface area contributed by atoms with Crippen LogP contribution in [0.5, 0.6) is 0 Å². The molecule has 0 atom stereocenters. The second-order valence-electron chi connectivity index (χ2n) is 3.34. The van der Waals surface area contributed by atoms with Crippen molar-refractivity contribution in [2.45, 2.75) is 19.3 Å². The first-order valence-corrected chi connectivity index (χ1v) is 6.53. The van der Waals surface area contributed by atoms with Crippen molar-refractivity contribution in [3.63, 3.8) is 0 Å². The van der Waals surface area contributed by atoms with Crippen molar-refractivity contribution in [2.24, 2.45) is 0 Å². The molecule has 0 saturated carbocycles. The summed E-state index contributed by atoms with van der Waals surface area (Å²) in [6.45, 7) is 3.95. The van der Waals surface area contributed by atoms with Gasteiger partial charge in [0.1, 0.15) is 5.01 Å². The number of carbonyl (C=O) groups is 1. The minimum Gasteiger partial charge on any atom is -0.358 e. The van der Waals surface area contributed by atoms with Crippen LogP contribution < -0.4 is 5.32 Å². The van der Waals surface area contributed by atoms with Crippen LogP contribution in [-0.2, 0) is 17.2 Å². The maximum Gasteiger partial charge on any atom is 0.233 e. The summed E-state index contributed by atoms with van der Waals surface area (Å²) in [5, 5.41) is 5.57. The average Bonchev–Trinajstić information content (AvgIpc) is 2.75. The van der Waals surface area contributed by atoms with Gasteiger partial charge in [0.05, 0.1) is 24.7 Å². The fourth-order valence-corrected chi connectivity index (χ4v) is 2.30.